The van der Waals surface area contributed by atoms with Gasteiger partial charge in [-0.1, -0.05) is 6.07 Å². The monoisotopic (exact) mass is 198 g/mol. The Labute approximate surface area is 76.3 Å². The molecular formula is C7H8N3O2S+. The molecule has 1 aromatic rings. The minimum Gasteiger partial charge on any atom is -0.214 e. The number of rotatable bonds is 3. The van der Waals surface area contributed by atoms with Crippen LogP contribution in [0.4, 0.5) is 0 Å². The summed E-state index contributed by atoms with van der Waals surface area (Å²) in [5.41, 5.74) is 0. The first-order chi connectivity index (χ1) is 6.14. The summed E-state index contributed by atoms with van der Waals surface area (Å²) < 4.78 is 25.3. The number of aromatic nitrogens is 1. The highest BCUT2D eigenvalue weighted by molar-refractivity contribution is 7.88. The average molecular weight is 198 g/mol. The first kappa shape index (κ1) is 9.48. The maximum absolute atomic E-state index is 11.0. The highest BCUT2D eigenvalue weighted by Crippen LogP contribution is 1.83. The van der Waals surface area contributed by atoms with Crippen LogP contribution in [0.15, 0.2) is 30.6 Å². The number of pyridine rings is 1. The summed E-state index contributed by atoms with van der Waals surface area (Å²) in [6, 6.07) is 5.20. The van der Waals surface area contributed by atoms with Gasteiger partial charge < -0.3 is 0 Å². The van der Waals surface area contributed by atoms with Crippen LogP contribution < -0.4 is 9.29 Å². The predicted octanol–water partition coefficient (Wildman–Crippen LogP) is -0.668. The van der Waals surface area contributed by atoms with Gasteiger partial charge in [0.15, 0.2) is 18.6 Å². The van der Waals surface area contributed by atoms with Crippen molar-refractivity contribution in [3.05, 3.63) is 30.6 Å². The second-order valence-corrected chi connectivity index (χ2v) is 4.04. The van der Waals surface area contributed by atoms with Crippen LogP contribution in [-0.2, 0) is 15.9 Å². The lowest BCUT2D eigenvalue weighted by Crippen LogP contribution is -2.40. The highest BCUT2D eigenvalue weighted by atomic mass is 32.2. The van der Waals surface area contributed by atoms with Gasteiger partial charge in [0.05, 0.1) is 0 Å². The summed E-state index contributed by atoms with van der Waals surface area (Å²) in [6.45, 7) is 0. The molecule has 0 aliphatic rings. The van der Waals surface area contributed by atoms with Crippen molar-refractivity contribution in [3.8, 4) is 6.19 Å². The summed E-state index contributed by atoms with van der Waals surface area (Å²) in [7, 11) is -3.53. The molecule has 1 aromatic heterocycles. The van der Waals surface area contributed by atoms with E-state index in [1.165, 1.54) is 10.8 Å². The molecular weight excluding hydrogens is 190 g/mol. The second kappa shape index (κ2) is 3.87. The lowest BCUT2D eigenvalue weighted by Gasteiger charge is -1.95. The third-order valence-corrected chi connectivity index (χ3v) is 2.34. The maximum atomic E-state index is 11.0. The fourth-order valence-electron chi connectivity index (χ4n) is 0.818. The van der Waals surface area contributed by atoms with Gasteiger partial charge in [-0.3, -0.25) is 0 Å². The van der Waals surface area contributed by atoms with Crippen molar-refractivity contribution in [2.75, 3.05) is 0 Å². The molecule has 0 bridgehead atoms. The first-order valence-electron chi connectivity index (χ1n) is 3.47. The Kier molecular flexibility index (Phi) is 2.82. The van der Waals surface area contributed by atoms with E-state index in [4.69, 9.17) is 5.26 Å². The van der Waals surface area contributed by atoms with Crippen LogP contribution >= 0.6 is 0 Å². The SMILES string of the molecule is N#CNS(=O)(=O)C[n+]1ccccc1. The molecule has 0 saturated heterocycles. The van der Waals surface area contributed by atoms with Crippen molar-refractivity contribution in [2.45, 2.75) is 5.88 Å². The van der Waals surface area contributed by atoms with Gasteiger partial charge in [0.1, 0.15) is 0 Å². The molecule has 5 nitrogen and oxygen atoms in total. The lowest BCUT2D eigenvalue weighted by atomic mass is 10.5. The minimum absolute atomic E-state index is 0.249. The Hall–Kier alpha value is -1.61. The molecule has 0 fully saturated rings. The van der Waals surface area contributed by atoms with Gasteiger partial charge >= 0.3 is 10.0 Å². The molecule has 0 amide bonds. The Morgan fingerprint density at radius 2 is 1.92 bits per heavy atom. The van der Waals surface area contributed by atoms with Gasteiger partial charge in [0, 0.05) is 12.1 Å². The summed E-state index contributed by atoms with van der Waals surface area (Å²) in [4.78, 5) is 0. The van der Waals surface area contributed by atoms with E-state index < -0.39 is 10.0 Å². The number of nitriles is 1. The van der Waals surface area contributed by atoms with Crippen LogP contribution in [-0.4, -0.2) is 8.42 Å². The molecule has 68 valence electrons. The number of hydrogen-bond donors (Lipinski definition) is 1. The molecule has 0 radical (unpaired) electrons. The third-order valence-electron chi connectivity index (χ3n) is 1.30. The molecule has 0 spiro atoms. The summed E-state index contributed by atoms with van der Waals surface area (Å²) in [5.74, 6) is -0.249. The Bertz CT molecular complexity index is 407. The van der Waals surface area contributed by atoms with Crippen molar-refractivity contribution in [3.63, 3.8) is 0 Å². The van der Waals surface area contributed by atoms with Crippen LogP contribution in [0.2, 0.25) is 0 Å². The van der Waals surface area contributed by atoms with E-state index in [1.807, 2.05) is 0 Å². The summed E-state index contributed by atoms with van der Waals surface area (Å²) >= 11 is 0. The standard InChI is InChI=1S/C7H8N3O2S/c8-6-9-13(11,12)7-10-4-2-1-3-5-10/h1-5,9H,7H2/q+1. The predicted molar refractivity (Wildman–Crippen MR) is 44.3 cm³/mol. The molecule has 1 N–H and O–H groups in total. The number of nitrogens with one attached hydrogen (secondary N) is 1. The topological polar surface area (TPSA) is 73.8 Å². The quantitative estimate of drug-likeness (QED) is 0.398. The minimum atomic E-state index is -3.53. The largest absolute Gasteiger partial charge is 0.302 e. The normalized spacial score (nSPS) is 10.4. The molecule has 1 heterocycles. The van der Waals surface area contributed by atoms with Crippen molar-refractivity contribution in [1.82, 2.24) is 4.72 Å². The van der Waals surface area contributed by atoms with Crippen LogP contribution in [0.3, 0.4) is 0 Å². The molecule has 13 heavy (non-hydrogen) atoms. The Morgan fingerprint density at radius 1 is 1.31 bits per heavy atom. The van der Waals surface area contributed by atoms with E-state index in [1.54, 1.807) is 35.3 Å². The second-order valence-electron chi connectivity index (χ2n) is 2.35. The van der Waals surface area contributed by atoms with Gasteiger partial charge in [-0.15, -0.1) is 0 Å². The molecule has 0 aliphatic carbocycles. The Morgan fingerprint density at radius 3 is 2.46 bits per heavy atom. The maximum Gasteiger partial charge on any atom is 0.302 e. The zero-order valence-corrected chi connectivity index (χ0v) is 7.53. The molecule has 0 atom stereocenters. The smallest absolute Gasteiger partial charge is 0.214 e. The Balaban J connectivity index is 2.77. The molecule has 0 saturated carbocycles. The fraction of sp³-hybridized carbons (Fsp3) is 0.143. The van der Waals surface area contributed by atoms with E-state index in [9.17, 15) is 8.42 Å². The van der Waals surface area contributed by atoms with E-state index in [0.717, 1.165) is 0 Å². The molecule has 0 aliphatic heterocycles. The molecule has 6 heteroatoms. The number of nitrogens with zero attached hydrogens (tertiary/aromatic N) is 2. The molecule has 0 aromatic carbocycles. The van der Waals surface area contributed by atoms with Gasteiger partial charge in [-0.05, 0) is 0 Å². The highest BCUT2D eigenvalue weighted by Gasteiger charge is 2.14. The van der Waals surface area contributed by atoms with Crippen LogP contribution in [0, 0.1) is 11.5 Å². The van der Waals surface area contributed by atoms with Crippen LogP contribution in [0.1, 0.15) is 0 Å². The fourth-order valence-corrected chi connectivity index (χ4v) is 1.59. The molecule has 1 rings (SSSR count). The average Bonchev–Trinajstić information content (AvgIpc) is 2.04. The van der Waals surface area contributed by atoms with Gasteiger partial charge in [-0.2, -0.15) is 18.2 Å². The summed E-state index contributed by atoms with van der Waals surface area (Å²) in [6.07, 6.45) is 4.59. The number of sulfonamides is 1. The van der Waals surface area contributed by atoms with Crippen LogP contribution in [0.25, 0.3) is 0 Å². The van der Waals surface area contributed by atoms with Gasteiger partial charge in [0.25, 0.3) is 5.88 Å². The first-order valence-corrected chi connectivity index (χ1v) is 5.12. The van der Waals surface area contributed by atoms with Crippen molar-refractivity contribution in [1.29, 1.82) is 5.26 Å². The van der Waals surface area contributed by atoms with Gasteiger partial charge in [-0.25, -0.2) is 4.72 Å². The molecule has 0 unspecified atom stereocenters. The third kappa shape index (κ3) is 3.09. The lowest BCUT2D eigenvalue weighted by molar-refractivity contribution is -0.677. The van der Waals surface area contributed by atoms with E-state index in [-0.39, 0.29) is 5.88 Å². The van der Waals surface area contributed by atoms with Gasteiger partial charge in [0.2, 0.25) is 0 Å². The van der Waals surface area contributed by atoms with Crippen molar-refractivity contribution >= 4 is 10.0 Å². The zero-order valence-electron chi connectivity index (χ0n) is 6.71. The van der Waals surface area contributed by atoms with Crippen molar-refractivity contribution < 1.29 is 13.0 Å². The van der Waals surface area contributed by atoms with E-state index in [0.29, 0.717) is 0 Å². The summed E-state index contributed by atoms with van der Waals surface area (Å²) in [5, 5.41) is 8.13. The van der Waals surface area contributed by atoms with E-state index in [2.05, 4.69) is 0 Å². The van der Waals surface area contributed by atoms with Crippen LogP contribution in [0.5, 0.6) is 0 Å². The number of hydrogen-bond acceptors (Lipinski definition) is 3. The zero-order chi connectivity index (χ0) is 9.73. The van der Waals surface area contributed by atoms with Crippen molar-refractivity contribution in [2.24, 2.45) is 0 Å². The van der Waals surface area contributed by atoms with E-state index >= 15 is 0 Å².